The second kappa shape index (κ2) is 28.0. The van der Waals surface area contributed by atoms with Crippen molar-refractivity contribution < 1.29 is 37.9 Å². The van der Waals surface area contributed by atoms with Crippen molar-refractivity contribution in [2.75, 3.05) is 52.9 Å². The van der Waals surface area contributed by atoms with Crippen molar-refractivity contribution in [2.24, 2.45) is 0 Å². The minimum atomic E-state index is -0.267. The topological polar surface area (TPSA) is 73.8 Å². The Morgan fingerprint density at radius 1 is 0.173 bits per heavy atom. The van der Waals surface area contributed by atoms with Gasteiger partial charge in [0, 0.05) is 25.7 Å². The van der Waals surface area contributed by atoms with Crippen molar-refractivity contribution in [1.82, 2.24) is 0 Å². The van der Waals surface area contributed by atoms with Crippen molar-refractivity contribution in [2.45, 2.75) is 274 Å². The first-order chi connectivity index (χ1) is 48.5. The minimum Gasteiger partial charge on any atom is -0.489 e. The number of rotatable bonds is 0. The molecule has 12 heteroatoms. The molecule has 1 aliphatic carbocycles. The van der Waals surface area contributed by atoms with Gasteiger partial charge < -0.3 is 37.9 Å². The fourth-order valence-electron chi connectivity index (χ4n) is 14.2. The summed E-state index contributed by atoms with van der Waals surface area (Å²) in [6, 6.07) is 38.3. The summed E-state index contributed by atoms with van der Waals surface area (Å²) in [5, 5.41) is 0. The van der Waals surface area contributed by atoms with Gasteiger partial charge in [-0.05, 0) is 181 Å². The maximum absolute atomic E-state index is 7.68. The number of fused-ring (bicyclic) bond motifs is 12. The van der Waals surface area contributed by atoms with Crippen LogP contribution in [0.15, 0.2) is 136 Å². The van der Waals surface area contributed by atoms with E-state index in [2.05, 4.69) is 263 Å². The quantitative estimate of drug-likeness (QED) is 0.145. The van der Waals surface area contributed by atoms with Gasteiger partial charge in [0.05, 0.1) is 39.2 Å². The maximum atomic E-state index is 7.68. The number of benzene rings is 8. The Morgan fingerprint density at radius 2 is 0.288 bits per heavy atom. The summed E-state index contributed by atoms with van der Waals surface area (Å²) in [4.78, 5) is 7.81. The van der Waals surface area contributed by atoms with E-state index in [9.17, 15) is 0 Å². The summed E-state index contributed by atoms with van der Waals surface area (Å²) in [6.07, 6.45) is 2.08. The molecule has 0 saturated heterocycles. The second-order valence-corrected chi connectivity index (χ2v) is 41.9. The lowest BCUT2D eigenvalue weighted by molar-refractivity contribution is 0.204. The second-order valence-electron chi connectivity index (χ2n) is 37.6. The zero-order valence-corrected chi connectivity index (χ0v) is 69.9. The Balaban J connectivity index is 1.23. The summed E-state index contributed by atoms with van der Waals surface area (Å²) >= 11 is 6.87. The molecule has 8 aromatic rings. The van der Waals surface area contributed by atoms with Gasteiger partial charge in [-0.3, -0.25) is 0 Å². The first kappa shape index (κ1) is 75.8. The third-order valence-corrected chi connectivity index (χ3v) is 24.9. The van der Waals surface area contributed by atoms with Gasteiger partial charge in [-0.2, -0.15) is 0 Å². The van der Waals surface area contributed by atoms with Crippen LogP contribution in [0, 0.1) is 0 Å². The van der Waals surface area contributed by atoms with Crippen LogP contribution in [0.25, 0.3) is 0 Å². The molecule has 0 unspecified atom stereocenters. The lowest BCUT2D eigenvalue weighted by Crippen LogP contribution is -2.20. The lowest BCUT2D eigenvalue weighted by atomic mass is 9.79. The van der Waals surface area contributed by atoms with Crippen LogP contribution >= 0.6 is 47.0 Å². The summed E-state index contributed by atoms with van der Waals surface area (Å²) in [5.74, 6) is 6.51. The molecule has 0 fully saturated rings. The van der Waals surface area contributed by atoms with Gasteiger partial charge in [-0.15, -0.1) is 0 Å². The van der Waals surface area contributed by atoms with E-state index >= 15 is 0 Å². The average molecular weight is 1470 g/mol. The highest BCUT2D eigenvalue weighted by Gasteiger charge is 2.35. The molecule has 5 heterocycles. The summed E-state index contributed by atoms with van der Waals surface area (Å²) in [5.41, 5.74) is 16.2. The van der Waals surface area contributed by atoms with Crippen LogP contribution in [0.5, 0.6) is 46.0 Å². The van der Waals surface area contributed by atoms with Crippen LogP contribution in [0.1, 0.15) is 255 Å². The van der Waals surface area contributed by atoms with Gasteiger partial charge in [0.25, 0.3) is 0 Å². The number of hydrogen-bond donors (Lipinski definition) is 0. The molecule has 0 aromatic heterocycles. The van der Waals surface area contributed by atoms with Crippen molar-refractivity contribution in [3.8, 4) is 46.0 Å². The molecule has 8 aromatic carbocycles. The highest BCUT2D eigenvalue weighted by atomic mass is 32.2. The van der Waals surface area contributed by atoms with Crippen molar-refractivity contribution in [3.05, 3.63) is 186 Å². The molecule has 0 N–H and O–H groups in total. The normalized spacial score (nSPS) is 16.1. The van der Waals surface area contributed by atoms with E-state index in [4.69, 9.17) is 37.9 Å². The molecule has 104 heavy (non-hydrogen) atoms. The van der Waals surface area contributed by atoms with Crippen LogP contribution in [0.4, 0.5) is 0 Å². The molecule has 0 spiro atoms. The van der Waals surface area contributed by atoms with Gasteiger partial charge in [0.15, 0.2) is 0 Å². The predicted molar refractivity (Wildman–Crippen MR) is 433 cm³/mol. The van der Waals surface area contributed by atoms with Crippen LogP contribution in [-0.2, 0) is 69.0 Å². The molecule has 24 bridgehead atoms. The van der Waals surface area contributed by atoms with Gasteiger partial charge >= 0.3 is 0 Å². The largest absolute Gasteiger partial charge is 0.489 e. The van der Waals surface area contributed by atoms with E-state index in [0.29, 0.717) is 25.7 Å². The maximum Gasteiger partial charge on any atom is 0.147 e. The van der Waals surface area contributed by atoms with Crippen LogP contribution in [0.3, 0.4) is 0 Å². The first-order valence-corrected chi connectivity index (χ1v) is 40.9. The fourth-order valence-corrected chi connectivity index (χ4v) is 19.0. The Labute approximate surface area is 639 Å². The van der Waals surface area contributed by atoms with Crippen LogP contribution < -0.4 is 37.9 Å². The van der Waals surface area contributed by atoms with Crippen LogP contribution in [-0.4, -0.2) is 52.9 Å². The third-order valence-electron chi connectivity index (χ3n) is 20.7. The highest BCUT2D eigenvalue weighted by molar-refractivity contribution is 8.01. The summed E-state index contributed by atoms with van der Waals surface area (Å²) in [7, 11) is 0. The van der Waals surface area contributed by atoms with E-state index < -0.39 is 0 Å². The molecular formula is C92H112O8S4. The molecule has 552 valence electrons. The molecule has 0 amide bonds. The Hall–Kier alpha value is -6.44. The zero-order chi connectivity index (χ0) is 74.8. The smallest absolute Gasteiger partial charge is 0.147 e. The minimum absolute atomic E-state index is 0.241. The van der Waals surface area contributed by atoms with E-state index in [1.165, 1.54) is 44.5 Å². The Bertz CT molecular complexity index is 3580. The highest BCUT2D eigenvalue weighted by Crippen LogP contribution is 2.58. The van der Waals surface area contributed by atoms with E-state index in [1.807, 2.05) is 0 Å². The van der Waals surface area contributed by atoms with Crippen molar-refractivity contribution in [3.63, 3.8) is 0 Å². The summed E-state index contributed by atoms with van der Waals surface area (Å²) in [6.45, 7) is 57.7. The monoisotopic (exact) mass is 1470 g/mol. The Kier molecular flexibility index (Phi) is 20.4. The molecule has 0 atom stereocenters. The van der Waals surface area contributed by atoms with Crippen molar-refractivity contribution >= 4 is 47.0 Å². The molecule has 14 rings (SSSR count). The Morgan fingerprint density at radius 3 is 0.413 bits per heavy atom. The standard InChI is InChI=1S/C92H112O8S4/c1-85(2,3)61-37-53-33-55-39-62(86(4,5)6)41-57-35-59-43-64(88(10,11)12)44-60-36-58-42-63(87(7,8)9)40-56-34-54(38-61)77(53)93-25-29-97-81-69-45-65(89(13,14)15)46-70(81)102-72-48-67(91(19,20)21)50-74(83(72)99-31-27-95-79(56)58)104-76-52-68(92(22,23)24)51-75(84(76)100-32-28-96-80(59)60)103-73-49-66(90(16,17)18)47-71(101-69)82(73)98-30-26-94-78(55)57/h37-52H,25-36H2,1-24H3. The van der Waals surface area contributed by atoms with E-state index in [-0.39, 0.29) is 96.2 Å². The number of ether oxygens (including phenoxy) is 8. The molecule has 0 saturated carbocycles. The third kappa shape index (κ3) is 16.2. The molecule has 6 aliphatic rings. The molecule has 0 radical (unpaired) electrons. The number of hydrogen-bond acceptors (Lipinski definition) is 12. The first-order valence-electron chi connectivity index (χ1n) is 37.6. The van der Waals surface area contributed by atoms with Crippen molar-refractivity contribution in [1.29, 1.82) is 0 Å². The lowest BCUT2D eigenvalue weighted by Gasteiger charge is -2.30. The zero-order valence-electron chi connectivity index (χ0n) is 66.6. The predicted octanol–water partition coefficient (Wildman–Crippen LogP) is 24.4. The molecule has 8 nitrogen and oxygen atoms in total. The molecular weight excluding hydrogens is 1360 g/mol. The van der Waals surface area contributed by atoms with E-state index in [1.54, 1.807) is 47.0 Å². The molecule has 5 aliphatic heterocycles. The van der Waals surface area contributed by atoms with Gasteiger partial charge in [-0.25, -0.2) is 0 Å². The SMILES string of the molecule is CC(C)(C)c1cc2c3c(c1)Cc1cc(C(C)(C)C)cc4c1OCCOc1c5cc(C(C)(C)C)cc1Sc1cc(C(C)(C)C)cc6c1OCCOc1c(cc(C(C)(C)C)cc1C4)Cc1cc(C(C)(C)C)cc(c1OCCOc1c(cc(C(C)(C)C)cc1S6)Sc1cc(C(C)(C)C)cc(c1OCCO3)S5)C2. The van der Waals surface area contributed by atoms with Gasteiger partial charge in [-0.1, -0.05) is 262 Å². The van der Waals surface area contributed by atoms with Gasteiger partial charge in [0.2, 0.25) is 0 Å². The fraction of sp³-hybridized carbons (Fsp3) is 0.478. The summed E-state index contributed by atoms with van der Waals surface area (Å²) < 4.78 is 61.3. The van der Waals surface area contributed by atoms with E-state index in [0.717, 1.165) is 130 Å². The average Bonchev–Trinajstić information content (AvgIpc) is 0.763. The van der Waals surface area contributed by atoms with Crippen LogP contribution in [0.2, 0.25) is 0 Å². The van der Waals surface area contributed by atoms with Gasteiger partial charge in [0.1, 0.15) is 98.9 Å².